The van der Waals surface area contributed by atoms with Crippen molar-refractivity contribution in [3.05, 3.63) is 36.3 Å². The van der Waals surface area contributed by atoms with E-state index in [4.69, 9.17) is 0 Å². The summed E-state index contributed by atoms with van der Waals surface area (Å²) in [7, 11) is 0. The molecular formula is C17H23N7. The van der Waals surface area contributed by atoms with Crippen LogP contribution in [0.1, 0.15) is 44.1 Å². The van der Waals surface area contributed by atoms with Gasteiger partial charge in [0, 0.05) is 30.9 Å². The Morgan fingerprint density at radius 3 is 2.83 bits per heavy atom. The zero-order chi connectivity index (χ0) is 16.7. The Kier molecular flexibility index (Phi) is 3.51. The van der Waals surface area contributed by atoms with Gasteiger partial charge in [-0.25, -0.2) is 4.98 Å². The van der Waals surface area contributed by atoms with Crippen molar-refractivity contribution in [3.8, 4) is 0 Å². The van der Waals surface area contributed by atoms with E-state index in [0.29, 0.717) is 11.3 Å². The van der Waals surface area contributed by atoms with Gasteiger partial charge in [-0.1, -0.05) is 13.8 Å². The number of anilines is 1. The summed E-state index contributed by atoms with van der Waals surface area (Å²) in [6.45, 7) is 8.28. The molecule has 1 fully saturated rings. The summed E-state index contributed by atoms with van der Waals surface area (Å²) in [5.74, 6) is 1.44. The monoisotopic (exact) mass is 325 g/mol. The average molecular weight is 325 g/mol. The number of nitrogens with one attached hydrogen (secondary N) is 1. The third-order valence-electron chi connectivity index (χ3n) is 4.92. The molecule has 0 bridgehead atoms. The van der Waals surface area contributed by atoms with Crippen molar-refractivity contribution in [3.63, 3.8) is 0 Å². The zero-order valence-electron chi connectivity index (χ0n) is 14.4. The van der Waals surface area contributed by atoms with Crippen LogP contribution in [0, 0.1) is 12.3 Å². The normalized spacial score (nSPS) is 16.0. The van der Waals surface area contributed by atoms with Gasteiger partial charge in [-0.2, -0.15) is 9.61 Å². The smallest absolute Gasteiger partial charge is 0.200 e. The molecule has 126 valence electrons. The van der Waals surface area contributed by atoms with E-state index in [1.165, 1.54) is 12.8 Å². The van der Waals surface area contributed by atoms with E-state index in [2.05, 4.69) is 63.2 Å². The molecule has 1 saturated carbocycles. The first kappa shape index (κ1) is 15.1. The quantitative estimate of drug-likeness (QED) is 0.754. The number of nitrogens with zero attached hydrogens (tertiary/aromatic N) is 6. The fourth-order valence-electron chi connectivity index (χ4n) is 3.04. The highest BCUT2D eigenvalue weighted by atomic mass is 15.3. The predicted octanol–water partition coefficient (Wildman–Crippen LogP) is 2.64. The molecule has 1 N–H and O–H groups in total. The van der Waals surface area contributed by atoms with Crippen LogP contribution >= 0.6 is 0 Å². The van der Waals surface area contributed by atoms with E-state index in [1.807, 2.05) is 6.20 Å². The summed E-state index contributed by atoms with van der Waals surface area (Å²) in [5, 5.41) is 16.4. The molecule has 3 aromatic heterocycles. The Labute approximate surface area is 141 Å². The first-order valence-corrected chi connectivity index (χ1v) is 8.49. The molecule has 0 radical (unpaired) electrons. The fourth-order valence-corrected chi connectivity index (χ4v) is 3.04. The third-order valence-corrected chi connectivity index (χ3v) is 4.92. The van der Waals surface area contributed by atoms with Crippen molar-refractivity contribution < 1.29 is 0 Å². The van der Waals surface area contributed by atoms with Crippen molar-refractivity contribution >= 4 is 11.3 Å². The summed E-state index contributed by atoms with van der Waals surface area (Å²) >= 11 is 0. The van der Waals surface area contributed by atoms with Crippen LogP contribution in [-0.4, -0.2) is 35.9 Å². The summed E-state index contributed by atoms with van der Waals surface area (Å²) in [6, 6.07) is 2.10. The van der Waals surface area contributed by atoms with Crippen molar-refractivity contribution in [2.45, 2.75) is 46.1 Å². The number of imidazole rings is 1. The number of fused-ring (bicyclic) bond motifs is 1. The minimum absolute atomic E-state index is 0.309. The van der Waals surface area contributed by atoms with Crippen molar-refractivity contribution in [2.75, 3.05) is 11.9 Å². The summed E-state index contributed by atoms with van der Waals surface area (Å²) in [6.07, 6.45) is 8.07. The lowest BCUT2D eigenvalue weighted by Gasteiger charge is -2.19. The van der Waals surface area contributed by atoms with E-state index < -0.39 is 0 Å². The topological polar surface area (TPSA) is 72.9 Å². The minimum atomic E-state index is 0.309. The molecule has 0 unspecified atom stereocenters. The summed E-state index contributed by atoms with van der Waals surface area (Å²) in [4.78, 5) is 4.32. The fraction of sp³-hybridized carbons (Fsp3) is 0.529. The Hall–Kier alpha value is -2.44. The van der Waals surface area contributed by atoms with Crippen LogP contribution in [0.3, 0.4) is 0 Å². The third kappa shape index (κ3) is 2.74. The average Bonchev–Trinajstić information content (AvgIpc) is 2.95. The highest BCUT2D eigenvalue weighted by molar-refractivity contribution is 5.66. The maximum absolute atomic E-state index is 4.57. The van der Waals surface area contributed by atoms with E-state index in [1.54, 1.807) is 10.8 Å². The lowest BCUT2D eigenvalue weighted by Crippen LogP contribution is -2.22. The van der Waals surface area contributed by atoms with Gasteiger partial charge in [-0.15, -0.1) is 10.2 Å². The SMILES string of the molecule is Cc1nccn1CC1(CNc2cc(C(C)C)nn3cnnc23)CC1. The van der Waals surface area contributed by atoms with Gasteiger partial charge in [0.25, 0.3) is 0 Å². The molecule has 1 aliphatic carbocycles. The molecule has 0 atom stereocenters. The first-order valence-electron chi connectivity index (χ1n) is 8.49. The summed E-state index contributed by atoms with van der Waals surface area (Å²) < 4.78 is 4.00. The second kappa shape index (κ2) is 5.58. The van der Waals surface area contributed by atoms with Crippen molar-refractivity contribution in [1.82, 2.24) is 29.4 Å². The lowest BCUT2D eigenvalue weighted by molar-refractivity contribution is 0.439. The molecular weight excluding hydrogens is 302 g/mol. The maximum atomic E-state index is 4.57. The van der Waals surface area contributed by atoms with E-state index >= 15 is 0 Å². The Balaban J connectivity index is 1.54. The number of aromatic nitrogens is 6. The van der Waals surface area contributed by atoms with Gasteiger partial charge in [0.05, 0.1) is 11.4 Å². The van der Waals surface area contributed by atoms with Gasteiger partial charge < -0.3 is 9.88 Å². The molecule has 0 aromatic carbocycles. The van der Waals surface area contributed by atoms with Crippen LogP contribution < -0.4 is 5.32 Å². The van der Waals surface area contributed by atoms with E-state index in [9.17, 15) is 0 Å². The maximum Gasteiger partial charge on any atom is 0.200 e. The van der Waals surface area contributed by atoms with Gasteiger partial charge in [0.1, 0.15) is 12.2 Å². The van der Waals surface area contributed by atoms with Crippen LogP contribution in [0.5, 0.6) is 0 Å². The van der Waals surface area contributed by atoms with Crippen LogP contribution in [-0.2, 0) is 6.54 Å². The Morgan fingerprint density at radius 1 is 1.33 bits per heavy atom. The van der Waals surface area contributed by atoms with Crippen molar-refractivity contribution in [2.24, 2.45) is 5.41 Å². The minimum Gasteiger partial charge on any atom is -0.381 e. The van der Waals surface area contributed by atoms with Gasteiger partial charge in [0.2, 0.25) is 5.65 Å². The van der Waals surface area contributed by atoms with Crippen LogP contribution in [0.15, 0.2) is 24.8 Å². The first-order chi connectivity index (χ1) is 11.6. The van der Waals surface area contributed by atoms with Crippen LogP contribution in [0.25, 0.3) is 5.65 Å². The highest BCUT2D eigenvalue weighted by Gasteiger charge is 2.43. The number of rotatable bonds is 6. The van der Waals surface area contributed by atoms with E-state index in [0.717, 1.165) is 35.9 Å². The largest absolute Gasteiger partial charge is 0.381 e. The molecule has 24 heavy (non-hydrogen) atoms. The Morgan fingerprint density at radius 2 is 2.17 bits per heavy atom. The van der Waals surface area contributed by atoms with Crippen LogP contribution in [0.4, 0.5) is 5.69 Å². The van der Waals surface area contributed by atoms with E-state index in [-0.39, 0.29) is 0 Å². The standard InChI is InChI=1S/C17H23N7/c1-12(2)14-8-15(16-21-20-11-24(16)22-14)19-9-17(4-5-17)10-23-7-6-18-13(23)3/h6-8,11-12,19H,4-5,9-10H2,1-3H3. The number of aryl methyl sites for hydroxylation is 1. The second-order valence-corrected chi connectivity index (χ2v) is 7.19. The molecule has 0 saturated heterocycles. The summed E-state index contributed by atoms with van der Waals surface area (Å²) in [5.41, 5.74) is 3.15. The van der Waals surface area contributed by atoms with Gasteiger partial charge in [0.15, 0.2) is 0 Å². The molecule has 7 heteroatoms. The van der Waals surface area contributed by atoms with Crippen LogP contribution in [0.2, 0.25) is 0 Å². The van der Waals surface area contributed by atoms with Gasteiger partial charge >= 0.3 is 0 Å². The lowest BCUT2D eigenvalue weighted by atomic mass is 10.1. The molecule has 3 heterocycles. The van der Waals surface area contributed by atoms with Gasteiger partial charge in [-0.3, -0.25) is 0 Å². The predicted molar refractivity (Wildman–Crippen MR) is 92.0 cm³/mol. The molecule has 4 rings (SSSR count). The molecule has 0 spiro atoms. The number of hydrogen-bond donors (Lipinski definition) is 1. The zero-order valence-corrected chi connectivity index (χ0v) is 14.4. The Bertz CT molecular complexity index is 857. The molecule has 0 amide bonds. The molecule has 1 aliphatic rings. The molecule has 3 aromatic rings. The molecule has 0 aliphatic heterocycles. The highest BCUT2D eigenvalue weighted by Crippen LogP contribution is 2.47. The van der Waals surface area contributed by atoms with Crippen molar-refractivity contribution in [1.29, 1.82) is 0 Å². The number of hydrogen-bond acceptors (Lipinski definition) is 5. The van der Waals surface area contributed by atoms with Gasteiger partial charge in [-0.05, 0) is 31.7 Å². The molecule has 7 nitrogen and oxygen atoms in total. The second-order valence-electron chi connectivity index (χ2n) is 7.19.